The van der Waals surface area contributed by atoms with E-state index in [-0.39, 0.29) is 16.8 Å². The van der Waals surface area contributed by atoms with Gasteiger partial charge in [0.15, 0.2) is 0 Å². The van der Waals surface area contributed by atoms with Gasteiger partial charge >= 0.3 is 11.8 Å². The van der Waals surface area contributed by atoms with Gasteiger partial charge in [0.2, 0.25) is 0 Å². The number of nitrogens with zero attached hydrogens (tertiary/aromatic N) is 2. The number of nitro groups is 2. The first kappa shape index (κ1) is 18.7. The standard InChI is InChI=1S/C14H11ClF3N3O4/c1-8-2-3-10(15)12(6-8)19-11-4-5-13(20(22)23,21(24)25)7-9(11)14(16,17)18/h2-4,6-7,19H,5H2,1H3. The summed E-state index contributed by atoms with van der Waals surface area (Å²) in [6.45, 7) is 1.70. The lowest BCUT2D eigenvalue weighted by Crippen LogP contribution is -2.46. The number of nitrogens with one attached hydrogen (secondary N) is 1. The van der Waals surface area contributed by atoms with Crippen molar-refractivity contribution in [3.05, 3.63) is 72.4 Å². The maximum absolute atomic E-state index is 13.3. The summed E-state index contributed by atoms with van der Waals surface area (Å²) in [6, 6.07) is 4.60. The molecule has 0 unspecified atom stereocenters. The quantitative estimate of drug-likeness (QED) is 0.484. The molecule has 0 fully saturated rings. The molecule has 25 heavy (non-hydrogen) atoms. The van der Waals surface area contributed by atoms with Crippen LogP contribution in [0.5, 0.6) is 0 Å². The van der Waals surface area contributed by atoms with E-state index in [1.807, 2.05) is 0 Å². The van der Waals surface area contributed by atoms with Crippen LogP contribution in [0.3, 0.4) is 0 Å². The zero-order valence-corrected chi connectivity index (χ0v) is 13.4. The number of alkyl halides is 3. The van der Waals surface area contributed by atoms with Crippen molar-refractivity contribution in [2.24, 2.45) is 0 Å². The molecule has 1 aromatic rings. The number of benzene rings is 1. The van der Waals surface area contributed by atoms with E-state index >= 15 is 0 Å². The third kappa shape index (κ3) is 3.58. The Bertz CT molecular complexity index is 791. The Hall–Kier alpha value is -2.62. The molecule has 1 aliphatic carbocycles. The highest BCUT2D eigenvalue weighted by Crippen LogP contribution is 2.39. The summed E-state index contributed by atoms with van der Waals surface area (Å²) in [5.41, 5.74) is -4.22. The van der Waals surface area contributed by atoms with Gasteiger partial charge in [0.25, 0.3) is 0 Å². The Kier molecular flexibility index (Phi) is 4.76. The van der Waals surface area contributed by atoms with Gasteiger partial charge in [0, 0.05) is 5.70 Å². The van der Waals surface area contributed by atoms with Crippen molar-refractivity contribution in [3.63, 3.8) is 0 Å². The van der Waals surface area contributed by atoms with Gasteiger partial charge < -0.3 is 5.32 Å². The summed E-state index contributed by atoms with van der Waals surface area (Å²) in [4.78, 5) is 19.4. The Balaban J connectivity index is 2.51. The van der Waals surface area contributed by atoms with Gasteiger partial charge in [-0.2, -0.15) is 13.2 Å². The lowest BCUT2D eigenvalue weighted by molar-refractivity contribution is -0.780. The maximum atomic E-state index is 13.3. The van der Waals surface area contributed by atoms with Gasteiger partial charge in [-0.25, -0.2) is 0 Å². The smallest absolute Gasteiger partial charge is 0.354 e. The molecule has 0 saturated heterocycles. The van der Waals surface area contributed by atoms with Crippen molar-refractivity contribution in [2.45, 2.75) is 25.2 Å². The molecule has 0 aromatic heterocycles. The van der Waals surface area contributed by atoms with E-state index in [1.165, 1.54) is 12.1 Å². The molecular formula is C14H11ClF3N3O4. The molecule has 0 bridgehead atoms. The van der Waals surface area contributed by atoms with Crippen LogP contribution in [0.15, 0.2) is 41.6 Å². The van der Waals surface area contributed by atoms with Crippen LogP contribution in [0.25, 0.3) is 0 Å². The van der Waals surface area contributed by atoms with Gasteiger partial charge in [-0.3, -0.25) is 20.2 Å². The summed E-state index contributed by atoms with van der Waals surface area (Å²) in [6.07, 6.45) is -5.06. The number of rotatable bonds is 4. The molecule has 1 aromatic carbocycles. The van der Waals surface area contributed by atoms with Crippen molar-refractivity contribution in [1.82, 2.24) is 0 Å². The number of hydrogen-bond acceptors (Lipinski definition) is 5. The van der Waals surface area contributed by atoms with Crippen molar-refractivity contribution < 1.29 is 23.0 Å². The third-order valence-corrected chi connectivity index (χ3v) is 3.93. The van der Waals surface area contributed by atoms with Crippen LogP contribution in [-0.2, 0) is 0 Å². The average Bonchev–Trinajstić information content (AvgIpc) is 2.49. The molecule has 11 heteroatoms. The molecule has 0 atom stereocenters. The average molecular weight is 378 g/mol. The van der Waals surface area contributed by atoms with E-state index in [9.17, 15) is 33.4 Å². The molecule has 0 radical (unpaired) electrons. The number of allylic oxidation sites excluding steroid dienone is 1. The number of aryl methyl sites for hydroxylation is 1. The molecule has 1 aliphatic rings. The first-order chi connectivity index (χ1) is 11.5. The van der Waals surface area contributed by atoms with E-state index in [4.69, 9.17) is 11.6 Å². The normalized spacial score (nSPS) is 16.7. The summed E-state index contributed by atoms with van der Waals surface area (Å²) in [5, 5.41) is 24.7. The SMILES string of the molecule is Cc1ccc(Cl)c(NC2=CCC([N+](=O)[O-])([N+](=O)[O-])C=C2C(F)(F)F)c1. The highest BCUT2D eigenvalue weighted by Gasteiger charge is 2.58. The van der Waals surface area contributed by atoms with Crippen LogP contribution in [0.2, 0.25) is 5.02 Å². The van der Waals surface area contributed by atoms with Crippen molar-refractivity contribution in [2.75, 3.05) is 5.32 Å². The molecule has 7 nitrogen and oxygen atoms in total. The fraction of sp³-hybridized carbons (Fsp3) is 0.286. The van der Waals surface area contributed by atoms with E-state index in [1.54, 1.807) is 13.0 Å². The molecule has 0 saturated carbocycles. The summed E-state index contributed by atoms with van der Waals surface area (Å²) < 4.78 is 40.0. The van der Waals surface area contributed by atoms with E-state index < -0.39 is 39.4 Å². The van der Waals surface area contributed by atoms with E-state index in [2.05, 4.69) is 5.32 Å². The second-order valence-corrected chi connectivity index (χ2v) is 5.79. The first-order valence-corrected chi connectivity index (χ1v) is 7.18. The van der Waals surface area contributed by atoms with Crippen molar-refractivity contribution in [3.8, 4) is 0 Å². The topological polar surface area (TPSA) is 98.3 Å². The zero-order chi connectivity index (χ0) is 19.0. The maximum Gasteiger partial charge on any atom is 0.482 e. The van der Waals surface area contributed by atoms with Crippen LogP contribution in [0, 0.1) is 27.2 Å². The van der Waals surface area contributed by atoms with E-state index in [0.29, 0.717) is 5.56 Å². The van der Waals surface area contributed by atoms with Gasteiger partial charge in [-0.15, -0.1) is 0 Å². The van der Waals surface area contributed by atoms with Gasteiger partial charge in [-0.1, -0.05) is 17.7 Å². The zero-order valence-electron chi connectivity index (χ0n) is 12.6. The summed E-state index contributed by atoms with van der Waals surface area (Å²) >= 11 is 5.93. The molecule has 2 rings (SSSR count). The van der Waals surface area contributed by atoms with Crippen LogP contribution in [-0.4, -0.2) is 21.7 Å². The molecule has 0 amide bonds. The predicted molar refractivity (Wildman–Crippen MR) is 83.4 cm³/mol. The number of halogens is 4. The molecule has 0 aliphatic heterocycles. The minimum atomic E-state index is -5.03. The second kappa shape index (κ2) is 6.36. The Morgan fingerprint density at radius 2 is 1.84 bits per heavy atom. The molecular weight excluding hydrogens is 367 g/mol. The molecule has 1 N–H and O–H groups in total. The minimum Gasteiger partial charge on any atom is -0.354 e. The monoisotopic (exact) mass is 377 g/mol. The Morgan fingerprint density at radius 1 is 1.24 bits per heavy atom. The minimum absolute atomic E-state index is 0.0268. The van der Waals surface area contributed by atoms with Crippen LogP contribution in [0.1, 0.15) is 12.0 Å². The predicted octanol–water partition coefficient (Wildman–Crippen LogP) is 4.09. The number of anilines is 1. The Morgan fingerprint density at radius 3 is 2.36 bits per heavy atom. The van der Waals surface area contributed by atoms with E-state index in [0.717, 1.165) is 6.08 Å². The van der Waals surface area contributed by atoms with Crippen LogP contribution < -0.4 is 5.32 Å². The highest BCUT2D eigenvalue weighted by molar-refractivity contribution is 6.33. The largest absolute Gasteiger partial charge is 0.482 e. The summed E-state index contributed by atoms with van der Waals surface area (Å²) in [7, 11) is 0. The first-order valence-electron chi connectivity index (χ1n) is 6.80. The summed E-state index contributed by atoms with van der Waals surface area (Å²) in [5.74, 6) is 0. The fourth-order valence-electron chi connectivity index (χ4n) is 2.28. The molecule has 0 heterocycles. The van der Waals surface area contributed by atoms with Crippen molar-refractivity contribution in [1.29, 1.82) is 0 Å². The fourth-order valence-corrected chi connectivity index (χ4v) is 2.45. The van der Waals surface area contributed by atoms with Crippen LogP contribution >= 0.6 is 11.6 Å². The molecule has 134 valence electrons. The molecule has 0 spiro atoms. The lowest BCUT2D eigenvalue weighted by atomic mass is 9.94. The third-order valence-electron chi connectivity index (χ3n) is 3.60. The van der Waals surface area contributed by atoms with Gasteiger partial charge in [0.1, 0.15) is 16.3 Å². The highest BCUT2D eigenvalue weighted by atomic mass is 35.5. The number of hydrogen-bond donors (Lipinski definition) is 1. The Labute approximate surface area is 144 Å². The van der Waals surface area contributed by atoms with Gasteiger partial charge in [0.05, 0.1) is 22.4 Å². The van der Waals surface area contributed by atoms with Gasteiger partial charge in [-0.05, 0) is 30.7 Å². The van der Waals surface area contributed by atoms with Crippen LogP contribution in [0.4, 0.5) is 18.9 Å². The lowest BCUT2D eigenvalue weighted by Gasteiger charge is -2.24. The van der Waals surface area contributed by atoms with Crippen molar-refractivity contribution >= 4 is 17.3 Å². The second-order valence-electron chi connectivity index (χ2n) is 5.38.